The molecule has 2 fully saturated rings. The number of aryl methyl sites for hydroxylation is 2. The molecule has 5 aromatic rings. The summed E-state index contributed by atoms with van der Waals surface area (Å²) in [5, 5.41) is 31.7. The molecule has 73 heavy (non-hydrogen) atoms. The Kier molecular flexibility index (Phi) is 19.3. The molecule has 394 valence electrons. The predicted molar refractivity (Wildman–Crippen MR) is 281 cm³/mol. The number of nitrogens with zero attached hydrogens (tertiary/aromatic N) is 2. The van der Waals surface area contributed by atoms with Gasteiger partial charge in [0.25, 0.3) is 0 Å². The maximum absolute atomic E-state index is 13.6. The average Bonchev–Trinajstić information content (AvgIpc) is 3.35. The quantitative estimate of drug-likeness (QED) is 0.0544. The SMILES string of the molecule is CC(C)(C)c1cccc(C2(NCC(O)CCc3cc(F)cc(F)c3)CCCN(C(=O)NCc3ccccc3)C2)c1.CC(C)(C)c1cccc(C2(NCC(O)CCc3cc(F)cc(F)c3)CCCN(C(N)=O)C2)c1. The number of carbonyl (C=O) groups is 2. The third-order valence-electron chi connectivity index (χ3n) is 14.2. The summed E-state index contributed by atoms with van der Waals surface area (Å²) in [6, 6.07) is 32.9. The lowest BCUT2D eigenvalue weighted by Gasteiger charge is -2.44. The molecule has 5 aromatic carbocycles. The minimum Gasteiger partial charge on any atom is -0.392 e. The number of halogens is 4. The number of benzene rings is 5. The Bertz CT molecular complexity index is 2570. The molecule has 4 amide bonds. The fourth-order valence-electron chi connectivity index (χ4n) is 9.90. The highest BCUT2D eigenvalue weighted by molar-refractivity contribution is 5.74. The van der Waals surface area contributed by atoms with Crippen LogP contribution in [0.3, 0.4) is 0 Å². The van der Waals surface area contributed by atoms with Gasteiger partial charge in [-0.3, -0.25) is 0 Å². The van der Waals surface area contributed by atoms with Gasteiger partial charge in [0.15, 0.2) is 0 Å². The van der Waals surface area contributed by atoms with Gasteiger partial charge in [0.05, 0.1) is 23.3 Å². The van der Waals surface area contributed by atoms with E-state index >= 15 is 0 Å². The second-order valence-corrected chi connectivity index (χ2v) is 22.1. The lowest BCUT2D eigenvalue weighted by atomic mass is 9.78. The van der Waals surface area contributed by atoms with Crippen LogP contribution >= 0.6 is 0 Å². The normalized spacial score (nSPS) is 19.1. The molecule has 7 N–H and O–H groups in total. The van der Waals surface area contributed by atoms with Crippen LogP contribution in [0.4, 0.5) is 27.2 Å². The van der Waals surface area contributed by atoms with Crippen LogP contribution in [-0.4, -0.2) is 83.6 Å². The van der Waals surface area contributed by atoms with E-state index in [1.807, 2.05) is 41.3 Å². The molecule has 7 rings (SSSR count). The Morgan fingerprint density at radius 3 is 1.44 bits per heavy atom. The first-order chi connectivity index (χ1) is 34.5. The predicted octanol–water partition coefficient (Wildman–Crippen LogP) is 10.3. The first kappa shape index (κ1) is 56.5. The van der Waals surface area contributed by atoms with Crippen molar-refractivity contribution in [2.45, 2.75) is 134 Å². The Hall–Kier alpha value is -5.80. The Labute approximate surface area is 429 Å². The zero-order chi connectivity index (χ0) is 53.0. The number of hydrogen-bond donors (Lipinski definition) is 6. The molecule has 2 aliphatic rings. The van der Waals surface area contributed by atoms with E-state index in [0.29, 0.717) is 69.5 Å². The number of urea groups is 2. The van der Waals surface area contributed by atoms with Crippen LogP contribution in [0.25, 0.3) is 0 Å². The zero-order valence-corrected chi connectivity index (χ0v) is 43.4. The highest BCUT2D eigenvalue weighted by atomic mass is 19.1. The lowest BCUT2D eigenvalue weighted by molar-refractivity contribution is 0.103. The maximum Gasteiger partial charge on any atom is 0.317 e. The van der Waals surface area contributed by atoms with Gasteiger partial charge >= 0.3 is 12.1 Å². The average molecular weight is 1010 g/mol. The second kappa shape index (κ2) is 25.0. The largest absolute Gasteiger partial charge is 0.392 e. The van der Waals surface area contributed by atoms with E-state index < -0.39 is 52.6 Å². The van der Waals surface area contributed by atoms with Gasteiger partial charge in [0.2, 0.25) is 0 Å². The summed E-state index contributed by atoms with van der Waals surface area (Å²) in [4.78, 5) is 28.7. The van der Waals surface area contributed by atoms with Crippen LogP contribution in [-0.2, 0) is 41.3 Å². The van der Waals surface area contributed by atoms with Crippen LogP contribution in [0.1, 0.15) is 119 Å². The van der Waals surface area contributed by atoms with E-state index in [1.54, 1.807) is 4.90 Å². The number of nitrogens with one attached hydrogen (secondary N) is 3. The summed E-state index contributed by atoms with van der Waals surface area (Å²) in [7, 11) is 0. The smallest absolute Gasteiger partial charge is 0.317 e. The summed E-state index contributed by atoms with van der Waals surface area (Å²) < 4.78 is 54.1. The van der Waals surface area contributed by atoms with Crippen molar-refractivity contribution in [1.82, 2.24) is 25.8 Å². The van der Waals surface area contributed by atoms with Gasteiger partial charge in [-0.25, -0.2) is 27.2 Å². The Morgan fingerprint density at radius 2 is 1.01 bits per heavy atom. The number of nitrogens with two attached hydrogens (primary N) is 1. The van der Waals surface area contributed by atoms with Crippen molar-refractivity contribution in [3.8, 4) is 0 Å². The third kappa shape index (κ3) is 16.3. The number of rotatable bonds is 16. The van der Waals surface area contributed by atoms with E-state index in [1.165, 1.54) is 35.4 Å². The van der Waals surface area contributed by atoms with Crippen LogP contribution in [0.15, 0.2) is 115 Å². The first-order valence-electron chi connectivity index (χ1n) is 25.6. The molecule has 0 spiro atoms. The van der Waals surface area contributed by atoms with Crippen LogP contribution in [0.5, 0.6) is 0 Å². The van der Waals surface area contributed by atoms with Crippen molar-refractivity contribution >= 4 is 12.1 Å². The molecule has 2 saturated heterocycles. The van der Waals surface area contributed by atoms with Crippen LogP contribution in [0.2, 0.25) is 0 Å². The van der Waals surface area contributed by atoms with E-state index in [2.05, 4.69) is 100.0 Å². The van der Waals surface area contributed by atoms with Gasteiger partial charge in [-0.2, -0.15) is 0 Å². The van der Waals surface area contributed by atoms with Gasteiger partial charge in [-0.1, -0.05) is 120 Å². The number of primary amides is 1. The molecule has 0 radical (unpaired) electrons. The molecular formula is C59H76F4N6O4. The van der Waals surface area contributed by atoms with Crippen LogP contribution < -0.4 is 21.7 Å². The van der Waals surface area contributed by atoms with Crippen molar-refractivity contribution in [3.05, 3.63) is 177 Å². The number of hydrogen-bond acceptors (Lipinski definition) is 6. The molecular weight excluding hydrogens is 933 g/mol. The van der Waals surface area contributed by atoms with Gasteiger partial charge < -0.3 is 41.7 Å². The minimum atomic E-state index is -0.726. The van der Waals surface area contributed by atoms with E-state index in [4.69, 9.17) is 5.73 Å². The first-order valence-corrected chi connectivity index (χ1v) is 25.6. The van der Waals surface area contributed by atoms with Crippen molar-refractivity contribution in [2.24, 2.45) is 5.73 Å². The Morgan fingerprint density at radius 1 is 0.589 bits per heavy atom. The number of amides is 4. The van der Waals surface area contributed by atoms with Gasteiger partial charge in [0, 0.05) is 57.9 Å². The second-order valence-electron chi connectivity index (χ2n) is 22.1. The Balaban J connectivity index is 0.000000243. The topological polar surface area (TPSA) is 143 Å². The van der Waals surface area contributed by atoms with Gasteiger partial charge in [0.1, 0.15) is 23.3 Å². The highest BCUT2D eigenvalue weighted by Gasteiger charge is 2.40. The van der Waals surface area contributed by atoms with Crippen molar-refractivity contribution in [1.29, 1.82) is 0 Å². The summed E-state index contributed by atoms with van der Waals surface area (Å²) in [5.74, 6) is -2.48. The fourth-order valence-corrected chi connectivity index (χ4v) is 9.90. The standard InChI is InChI=1S/C33H41F2N3O2.C26H35F2N3O2/c1-32(2,3)26-11-7-12-27(19-26)33(37-22-30(39)14-13-25-17-28(34)20-29(35)18-25)15-8-16-38(23-33)31(40)36-21-24-9-5-4-6-10-24;1-25(2,3)19-6-4-7-20(14-19)26(10-5-11-31(17-26)24(29)33)30-16-23(32)9-8-18-12-21(27)15-22(28)13-18/h4-7,9-12,17-20,30,37,39H,8,13-16,21-23H2,1-3H3,(H,36,40);4,6-7,12-15,23,30,32H,5,8-11,16-17H2,1-3H3,(H2,29,33). The van der Waals surface area contributed by atoms with Crippen molar-refractivity contribution in [3.63, 3.8) is 0 Å². The molecule has 4 unspecified atom stereocenters. The minimum absolute atomic E-state index is 0.0328. The summed E-state index contributed by atoms with van der Waals surface area (Å²) in [5.41, 5.74) is 11.0. The number of aliphatic hydroxyl groups excluding tert-OH is 2. The lowest BCUT2D eigenvalue weighted by Crippen LogP contribution is -2.58. The zero-order valence-electron chi connectivity index (χ0n) is 43.4. The van der Waals surface area contributed by atoms with E-state index in [-0.39, 0.29) is 30.0 Å². The fraction of sp³-hybridized carbons (Fsp3) is 0.458. The van der Waals surface area contributed by atoms with E-state index in [0.717, 1.165) is 54.5 Å². The number of likely N-dealkylation sites (tertiary alicyclic amines) is 2. The summed E-state index contributed by atoms with van der Waals surface area (Å²) in [6.45, 7) is 16.1. The molecule has 0 aliphatic carbocycles. The summed E-state index contributed by atoms with van der Waals surface area (Å²) in [6.07, 6.45) is 3.19. The van der Waals surface area contributed by atoms with Crippen molar-refractivity contribution in [2.75, 3.05) is 39.3 Å². The highest BCUT2D eigenvalue weighted by Crippen LogP contribution is 2.36. The van der Waals surface area contributed by atoms with Gasteiger partial charge in [-0.05, 0) is 125 Å². The molecule has 2 heterocycles. The molecule has 0 aromatic heterocycles. The molecule has 10 nitrogen and oxygen atoms in total. The maximum atomic E-state index is 13.6. The third-order valence-corrected chi connectivity index (χ3v) is 14.2. The van der Waals surface area contributed by atoms with Crippen LogP contribution in [0, 0.1) is 23.3 Å². The van der Waals surface area contributed by atoms with Crippen molar-refractivity contribution < 1.29 is 37.4 Å². The molecule has 14 heteroatoms. The molecule has 0 saturated carbocycles. The summed E-state index contributed by atoms with van der Waals surface area (Å²) >= 11 is 0. The molecule has 0 bridgehead atoms. The monoisotopic (exact) mass is 1010 g/mol. The molecule has 2 aliphatic heterocycles. The van der Waals surface area contributed by atoms with Gasteiger partial charge in [-0.15, -0.1) is 0 Å². The number of piperidine rings is 2. The van der Waals surface area contributed by atoms with E-state index in [9.17, 15) is 37.4 Å². The number of aliphatic hydroxyl groups is 2. The molecule has 4 atom stereocenters. The number of carbonyl (C=O) groups excluding carboxylic acids is 2.